The number of hydrogen-bond acceptors (Lipinski definition) is 3. The maximum absolute atomic E-state index is 12.0. The highest BCUT2D eigenvalue weighted by Crippen LogP contribution is 2.24. The molecule has 2 nitrogen and oxygen atoms in total. The van der Waals surface area contributed by atoms with E-state index in [9.17, 15) is 8.78 Å². The van der Waals surface area contributed by atoms with Crippen molar-refractivity contribution in [2.24, 2.45) is 5.73 Å². The summed E-state index contributed by atoms with van der Waals surface area (Å²) in [5.74, 6) is 0. The summed E-state index contributed by atoms with van der Waals surface area (Å²) in [5.41, 5.74) is 5.50. The average molecular weight is 192 g/mol. The summed E-state index contributed by atoms with van der Waals surface area (Å²) in [4.78, 5) is 4.40. The van der Waals surface area contributed by atoms with Gasteiger partial charge in [0.05, 0.1) is 0 Å². The van der Waals surface area contributed by atoms with Crippen LogP contribution in [0.25, 0.3) is 0 Å². The standard InChI is InChI=1S/C7H10F2N2S/c1-4(10)2-5-3-11-7(12-5)6(8)9/h3-4,6H,2,10H2,1H3. The van der Waals surface area contributed by atoms with Crippen molar-refractivity contribution < 1.29 is 8.78 Å². The molecule has 0 saturated carbocycles. The Kier molecular flexibility index (Phi) is 3.11. The van der Waals surface area contributed by atoms with E-state index in [0.29, 0.717) is 6.42 Å². The van der Waals surface area contributed by atoms with E-state index in [1.165, 1.54) is 6.20 Å². The number of nitrogens with zero attached hydrogens (tertiary/aromatic N) is 1. The third-order valence-corrected chi connectivity index (χ3v) is 2.31. The Morgan fingerprint density at radius 3 is 2.75 bits per heavy atom. The molecule has 0 amide bonds. The van der Waals surface area contributed by atoms with E-state index < -0.39 is 6.43 Å². The van der Waals surface area contributed by atoms with Gasteiger partial charge in [-0.25, -0.2) is 13.8 Å². The van der Waals surface area contributed by atoms with Gasteiger partial charge in [-0.2, -0.15) is 0 Å². The fourth-order valence-electron chi connectivity index (χ4n) is 0.835. The van der Waals surface area contributed by atoms with Gasteiger partial charge in [0.1, 0.15) is 0 Å². The lowest BCUT2D eigenvalue weighted by Crippen LogP contribution is -2.16. The fraction of sp³-hybridized carbons (Fsp3) is 0.571. The number of nitrogens with two attached hydrogens (primary N) is 1. The van der Waals surface area contributed by atoms with Gasteiger partial charge in [0.15, 0.2) is 5.01 Å². The van der Waals surface area contributed by atoms with E-state index in [1.54, 1.807) is 0 Å². The zero-order chi connectivity index (χ0) is 9.14. The van der Waals surface area contributed by atoms with Crippen LogP contribution in [0, 0.1) is 0 Å². The van der Waals surface area contributed by atoms with Gasteiger partial charge >= 0.3 is 0 Å². The normalized spacial score (nSPS) is 13.8. The van der Waals surface area contributed by atoms with Crippen molar-refractivity contribution >= 4 is 11.3 Å². The topological polar surface area (TPSA) is 38.9 Å². The van der Waals surface area contributed by atoms with Gasteiger partial charge in [-0.05, 0) is 13.3 Å². The van der Waals surface area contributed by atoms with E-state index in [4.69, 9.17) is 5.73 Å². The molecule has 0 saturated heterocycles. The van der Waals surface area contributed by atoms with Crippen LogP contribution >= 0.6 is 11.3 Å². The first-order chi connectivity index (χ1) is 5.59. The van der Waals surface area contributed by atoms with Crippen LogP contribution in [-0.2, 0) is 6.42 Å². The predicted molar refractivity (Wildman–Crippen MR) is 44.4 cm³/mol. The van der Waals surface area contributed by atoms with Crippen LogP contribution < -0.4 is 5.73 Å². The Hall–Kier alpha value is -0.550. The van der Waals surface area contributed by atoms with Crippen molar-refractivity contribution in [1.29, 1.82) is 0 Å². The van der Waals surface area contributed by atoms with E-state index in [1.807, 2.05) is 6.92 Å². The number of thiazole rings is 1. The van der Waals surface area contributed by atoms with Gasteiger partial charge in [-0.3, -0.25) is 0 Å². The molecule has 68 valence electrons. The van der Waals surface area contributed by atoms with Crippen molar-refractivity contribution in [2.75, 3.05) is 0 Å². The van der Waals surface area contributed by atoms with Gasteiger partial charge in [-0.15, -0.1) is 11.3 Å². The molecule has 1 aromatic rings. The van der Waals surface area contributed by atoms with Crippen molar-refractivity contribution in [2.45, 2.75) is 25.8 Å². The zero-order valence-electron chi connectivity index (χ0n) is 6.63. The molecule has 1 atom stereocenters. The van der Waals surface area contributed by atoms with Crippen LogP contribution in [0.3, 0.4) is 0 Å². The average Bonchev–Trinajstić information content (AvgIpc) is 2.34. The lowest BCUT2D eigenvalue weighted by Gasteiger charge is -1.99. The van der Waals surface area contributed by atoms with Crippen molar-refractivity contribution in [1.82, 2.24) is 4.98 Å². The maximum Gasteiger partial charge on any atom is 0.289 e. The lowest BCUT2D eigenvalue weighted by atomic mass is 10.2. The van der Waals surface area contributed by atoms with Crippen LogP contribution in [0.4, 0.5) is 8.78 Å². The molecule has 0 fully saturated rings. The molecule has 12 heavy (non-hydrogen) atoms. The first-order valence-electron chi connectivity index (χ1n) is 3.58. The first kappa shape index (κ1) is 9.54. The highest BCUT2D eigenvalue weighted by atomic mass is 32.1. The van der Waals surface area contributed by atoms with E-state index >= 15 is 0 Å². The summed E-state index contributed by atoms with van der Waals surface area (Å²) in [6.45, 7) is 1.84. The molecular weight excluding hydrogens is 182 g/mol. The number of aromatic nitrogens is 1. The third kappa shape index (κ3) is 2.49. The Labute approximate surface area is 73.4 Å². The van der Waals surface area contributed by atoms with Gasteiger partial charge in [0.2, 0.25) is 0 Å². The van der Waals surface area contributed by atoms with Crippen molar-refractivity contribution in [3.05, 3.63) is 16.1 Å². The molecule has 0 radical (unpaired) electrons. The highest BCUT2D eigenvalue weighted by Gasteiger charge is 2.12. The second-order valence-electron chi connectivity index (χ2n) is 2.65. The summed E-state index contributed by atoms with van der Waals surface area (Å²) in [6.07, 6.45) is -0.378. The number of halogens is 2. The second kappa shape index (κ2) is 3.91. The number of hydrogen-bond donors (Lipinski definition) is 1. The largest absolute Gasteiger partial charge is 0.328 e. The Morgan fingerprint density at radius 2 is 2.33 bits per heavy atom. The monoisotopic (exact) mass is 192 g/mol. The molecule has 2 N–H and O–H groups in total. The van der Waals surface area contributed by atoms with Gasteiger partial charge in [0.25, 0.3) is 6.43 Å². The van der Waals surface area contributed by atoms with Crippen LogP contribution in [0.15, 0.2) is 6.20 Å². The van der Waals surface area contributed by atoms with Crippen molar-refractivity contribution in [3.8, 4) is 0 Å². The Bertz CT molecular complexity index is 247. The van der Waals surface area contributed by atoms with E-state index in [-0.39, 0.29) is 11.0 Å². The predicted octanol–water partition coefficient (Wildman–Crippen LogP) is 1.97. The molecular formula is C7H10F2N2S. The zero-order valence-corrected chi connectivity index (χ0v) is 7.44. The molecule has 0 aliphatic heterocycles. The summed E-state index contributed by atoms with van der Waals surface area (Å²) >= 11 is 1.03. The van der Waals surface area contributed by atoms with Crippen molar-refractivity contribution in [3.63, 3.8) is 0 Å². The molecule has 0 spiro atoms. The smallest absolute Gasteiger partial charge is 0.289 e. The molecule has 1 heterocycles. The van der Waals surface area contributed by atoms with Gasteiger partial charge < -0.3 is 5.73 Å². The fourth-order valence-corrected chi connectivity index (χ4v) is 1.75. The van der Waals surface area contributed by atoms with Gasteiger partial charge in [-0.1, -0.05) is 0 Å². The molecule has 0 aromatic carbocycles. The third-order valence-electron chi connectivity index (χ3n) is 1.28. The van der Waals surface area contributed by atoms with Crippen LogP contribution in [-0.4, -0.2) is 11.0 Å². The quantitative estimate of drug-likeness (QED) is 0.795. The summed E-state index contributed by atoms with van der Waals surface area (Å²) in [6, 6.07) is -0.00373. The molecule has 1 unspecified atom stereocenters. The minimum absolute atomic E-state index is 0.00373. The molecule has 1 aromatic heterocycles. The molecule has 0 aliphatic rings. The minimum atomic E-state index is -2.46. The minimum Gasteiger partial charge on any atom is -0.328 e. The molecule has 5 heteroatoms. The Morgan fingerprint density at radius 1 is 1.67 bits per heavy atom. The van der Waals surface area contributed by atoms with E-state index in [2.05, 4.69) is 4.98 Å². The first-order valence-corrected chi connectivity index (χ1v) is 4.39. The van der Waals surface area contributed by atoms with Crippen LogP contribution in [0.1, 0.15) is 23.2 Å². The van der Waals surface area contributed by atoms with E-state index in [0.717, 1.165) is 16.2 Å². The number of alkyl halides is 2. The maximum atomic E-state index is 12.0. The number of rotatable bonds is 3. The Balaban J connectivity index is 2.64. The second-order valence-corrected chi connectivity index (χ2v) is 3.79. The lowest BCUT2D eigenvalue weighted by molar-refractivity contribution is 0.151. The highest BCUT2D eigenvalue weighted by molar-refractivity contribution is 7.11. The SMILES string of the molecule is CC(N)Cc1cnc(C(F)F)s1. The van der Waals surface area contributed by atoms with Crippen LogP contribution in [0.5, 0.6) is 0 Å². The molecule has 0 bridgehead atoms. The summed E-state index contributed by atoms with van der Waals surface area (Å²) < 4.78 is 24.1. The van der Waals surface area contributed by atoms with Gasteiger partial charge in [0, 0.05) is 17.1 Å². The van der Waals surface area contributed by atoms with Crippen LogP contribution in [0.2, 0.25) is 0 Å². The summed E-state index contributed by atoms with van der Waals surface area (Å²) in [7, 11) is 0. The molecule has 1 rings (SSSR count). The summed E-state index contributed by atoms with van der Waals surface area (Å²) in [5, 5.41) is -0.120. The molecule has 0 aliphatic carbocycles.